The van der Waals surface area contributed by atoms with E-state index in [4.69, 9.17) is 9.47 Å². The van der Waals surface area contributed by atoms with E-state index < -0.39 is 0 Å². The predicted octanol–water partition coefficient (Wildman–Crippen LogP) is 3.09. The van der Waals surface area contributed by atoms with Gasteiger partial charge in [0.2, 0.25) is 0 Å². The minimum absolute atomic E-state index is 0.833. The standard InChI is InChI=1S/C25H39N3O2/c1-2-9-26(10-3-1)11-4-14-30-20-25-23-18-27(19-24(23)25)17-21-5-7-22(8-6-21)28-12-15-29-16-13-28/h5-8,23-25H,1-4,9-20H2. The summed E-state index contributed by atoms with van der Waals surface area (Å²) in [6.45, 7) is 13.1. The van der Waals surface area contributed by atoms with Crippen LogP contribution in [0, 0.1) is 17.8 Å². The van der Waals surface area contributed by atoms with E-state index in [-0.39, 0.29) is 0 Å². The smallest absolute Gasteiger partial charge is 0.0642 e. The van der Waals surface area contributed by atoms with Gasteiger partial charge in [-0.15, -0.1) is 0 Å². The van der Waals surface area contributed by atoms with Gasteiger partial charge in [0.05, 0.1) is 19.8 Å². The molecule has 1 aromatic rings. The van der Waals surface area contributed by atoms with Crippen molar-refractivity contribution in [3.63, 3.8) is 0 Å². The van der Waals surface area contributed by atoms with Gasteiger partial charge in [-0.05, 0) is 67.8 Å². The lowest BCUT2D eigenvalue weighted by molar-refractivity contribution is 0.0967. The molecule has 2 atom stereocenters. The molecule has 0 radical (unpaired) electrons. The van der Waals surface area contributed by atoms with E-state index >= 15 is 0 Å². The molecule has 166 valence electrons. The fourth-order valence-corrected chi connectivity index (χ4v) is 5.80. The number of benzene rings is 1. The molecule has 5 rings (SSSR count). The number of likely N-dealkylation sites (tertiary alicyclic amines) is 2. The van der Waals surface area contributed by atoms with Gasteiger partial charge < -0.3 is 19.3 Å². The van der Waals surface area contributed by atoms with Crippen LogP contribution in [0.25, 0.3) is 0 Å². The van der Waals surface area contributed by atoms with Crippen LogP contribution in [0.3, 0.4) is 0 Å². The molecule has 0 bridgehead atoms. The molecule has 30 heavy (non-hydrogen) atoms. The van der Waals surface area contributed by atoms with E-state index in [1.54, 1.807) is 0 Å². The molecule has 0 N–H and O–H groups in total. The number of hydrogen-bond donors (Lipinski definition) is 0. The van der Waals surface area contributed by atoms with Crippen LogP contribution in [-0.4, -0.2) is 82.0 Å². The van der Waals surface area contributed by atoms with Crippen LogP contribution in [0.1, 0.15) is 31.2 Å². The van der Waals surface area contributed by atoms with Crippen LogP contribution in [0.5, 0.6) is 0 Å². The Bertz CT molecular complexity index is 643. The summed E-state index contributed by atoms with van der Waals surface area (Å²) >= 11 is 0. The van der Waals surface area contributed by atoms with Crippen LogP contribution in [-0.2, 0) is 16.0 Å². The summed E-state index contributed by atoms with van der Waals surface area (Å²) in [6.07, 6.45) is 5.41. The van der Waals surface area contributed by atoms with Crippen molar-refractivity contribution < 1.29 is 9.47 Å². The summed E-state index contributed by atoms with van der Waals surface area (Å²) in [5.74, 6) is 2.61. The van der Waals surface area contributed by atoms with Gasteiger partial charge in [0, 0.05) is 51.6 Å². The molecule has 3 heterocycles. The fourth-order valence-electron chi connectivity index (χ4n) is 5.80. The van der Waals surface area contributed by atoms with E-state index in [1.165, 1.54) is 69.7 Å². The van der Waals surface area contributed by atoms with Gasteiger partial charge in [-0.3, -0.25) is 4.90 Å². The number of fused-ring (bicyclic) bond motifs is 1. The van der Waals surface area contributed by atoms with Crippen molar-refractivity contribution in [1.82, 2.24) is 9.80 Å². The maximum absolute atomic E-state index is 6.05. The summed E-state index contributed by atoms with van der Waals surface area (Å²) in [5.41, 5.74) is 2.78. The predicted molar refractivity (Wildman–Crippen MR) is 121 cm³/mol. The van der Waals surface area contributed by atoms with Gasteiger partial charge in [0.25, 0.3) is 0 Å². The van der Waals surface area contributed by atoms with Gasteiger partial charge in [-0.2, -0.15) is 0 Å². The Morgan fingerprint density at radius 1 is 0.867 bits per heavy atom. The zero-order chi connectivity index (χ0) is 20.2. The third-order valence-electron chi connectivity index (χ3n) is 7.69. The molecule has 4 aliphatic rings. The average Bonchev–Trinajstić information content (AvgIpc) is 3.25. The van der Waals surface area contributed by atoms with Crippen LogP contribution in [0.4, 0.5) is 5.69 Å². The first-order chi connectivity index (χ1) is 14.9. The van der Waals surface area contributed by atoms with Crippen molar-refractivity contribution in [3.8, 4) is 0 Å². The second-order valence-corrected chi connectivity index (χ2v) is 9.78. The second kappa shape index (κ2) is 9.99. The van der Waals surface area contributed by atoms with Crippen LogP contribution in [0.2, 0.25) is 0 Å². The number of piperidine rings is 2. The van der Waals surface area contributed by atoms with Crippen LogP contribution < -0.4 is 4.90 Å². The summed E-state index contributed by atoms with van der Waals surface area (Å²) in [7, 11) is 0. The van der Waals surface area contributed by atoms with Gasteiger partial charge in [-0.25, -0.2) is 0 Å². The van der Waals surface area contributed by atoms with Crippen molar-refractivity contribution in [2.75, 3.05) is 77.1 Å². The quantitative estimate of drug-likeness (QED) is 0.580. The lowest BCUT2D eigenvalue weighted by Gasteiger charge is -2.29. The van der Waals surface area contributed by atoms with Gasteiger partial charge >= 0.3 is 0 Å². The number of ether oxygens (including phenoxy) is 2. The van der Waals surface area contributed by atoms with Crippen LogP contribution >= 0.6 is 0 Å². The molecule has 0 amide bonds. The topological polar surface area (TPSA) is 28.2 Å². The van der Waals surface area contributed by atoms with Crippen molar-refractivity contribution in [2.45, 2.75) is 32.2 Å². The molecule has 3 saturated heterocycles. The minimum Gasteiger partial charge on any atom is -0.381 e. The highest BCUT2D eigenvalue weighted by atomic mass is 16.5. The highest BCUT2D eigenvalue weighted by Gasteiger charge is 2.55. The summed E-state index contributed by atoms with van der Waals surface area (Å²) < 4.78 is 11.5. The summed E-state index contributed by atoms with van der Waals surface area (Å²) in [5, 5.41) is 0. The molecule has 5 heteroatoms. The van der Waals surface area contributed by atoms with E-state index in [0.717, 1.165) is 63.8 Å². The van der Waals surface area contributed by atoms with Gasteiger partial charge in [-0.1, -0.05) is 18.6 Å². The maximum Gasteiger partial charge on any atom is 0.0642 e. The summed E-state index contributed by atoms with van der Waals surface area (Å²) in [6, 6.07) is 9.21. The number of morpholine rings is 1. The number of hydrogen-bond acceptors (Lipinski definition) is 5. The Balaban J connectivity index is 0.962. The number of nitrogens with zero attached hydrogens (tertiary/aromatic N) is 3. The highest BCUT2D eigenvalue weighted by Crippen LogP contribution is 2.52. The van der Waals surface area contributed by atoms with E-state index in [0.29, 0.717) is 0 Å². The first-order valence-electron chi connectivity index (χ1n) is 12.3. The highest BCUT2D eigenvalue weighted by molar-refractivity contribution is 5.47. The molecule has 2 unspecified atom stereocenters. The summed E-state index contributed by atoms with van der Waals surface area (Å²) in [4.78, 5) is 7.69. The van der Waals surface area contributed by atoms with Crippen molar-refractivity contribution in [3.05, 3.63) is 29.8 Å². The van der Waals surface area contributed by atoms with E-state index in [9.17, 15) is 0 Å². The SMILES string of the molecule is c1cc(N2CCOCC2)ccc1CN1CC2C(COCCCN3CCCCC3)C2C1. The molecule has 1 saturated carbocycles. The Morgan fingerprint density at radius 2 is 1.60 bits per heavy atom. The first-order valence-corrected chi connectivity index (χ1v) is 12.3. The third kappa shape index (κ3) is 5.18. The molecule has 1 aliphatic carbocycles. The lowest BCUT2D eigenvalue weighted by atomic mass is 10.1. The largest absolute Gasteiger partial charge is 0.381 e. The fraction of sp³-hybridized carbons (Fsp3) is 0.760. The van der Waals surface area contributed by atoms with Gasteiger partial charge in [0.1, 0.15) is 0 Å². The van der Waals surface area contributed by atoms with Crippen molar-refractivity contribution in [2.24, 2.45) is 17.8 Å². The molecule has 4 fully saturated rings. The van der Waals surface area contributed by atoms with E-state index in [1.807, 2.05) is 0 Å². The van der Waals surface area contributed by atoms with Gasteiger partial charge in [0.15, 0.2) is 0 Å². The van der Waals surface area contributed by atoms with Crippen molar-refractivity contribution in [1.29, 1.82) is 0 Å². The lowest BCUT2D eigenvalue weighted by Crippen LogP contribution is -2.36. The molecule has 5 nitrogen and oxygen atoms in total. The average molecular weight is 414 g/mol. The molecule has 0 spiro atoms. The first kappa shape index (κ1) is 20.7. The number of anilines is 1. The maximum atomic E-state index is 6.05. The van der Waals surface area contributed by atoms with Crippen LogP contribution in [0.15, 0.2) is 24.3 Å². The zero-order valence-corrected chi connectivity index (χ0v) is 18.5. The van der Waals surface area contributed by atoms with E-state index in [2.05, 4.69) is 39.0 Å². The number of rotatable bonds is 9. The Morgan fingerprint density at radius 3 is 2.33 bits per heavy atom. The molecule has 3 aliphatic heterocycles. The second-order valence-electron chi connectivity index (χ2n) is 9.78. The molecule has 1 aromatic carbocycles. The molecular weight excluding hydrogens is 374 g/mol. The zero-order valence-electron chi connectivity index (χ0n) is 18.5. The minimum atomic E-state index is 0.833. The molecule has 0 aromatic heterocycles. The third-order valence-corrected chi connectivity index (χ3v) is 7.69. The Kier molecular flexibility index (Phi) is 6.91. The normalized spacial score (nSPS) is 29.9. The Hall–Kier alpha value is -1.14. The molecular formula is C25H39N3O2. The van der Waals surface area contributed by atoms with Crippen molar-refractivity contribution >= 4 is 5.69 Å². The Labute approximate surface area is 182 Å². The monoisotopic (exact) mass is 413 g/mol.